The number of benzene rings is 1. The summed E-state index contributed by atoms with van der Waals surface area (Å²) in [4.78, 5) is 24.4. The van der Waals surface area contributed by atoms with Gasteiger partial charge in [0.15, 0.2) is 5.75 Å². The van der Waals surface area contributed by atoms with Gasteiger partial charge in [-0.3, -0.25) is 14.9 Å². The fraction of sp³-hybridized carbons (Fsp3) is 0.500. The second-order valence-electron chi connectivity index (χ2n) is 5.00. The molecule has 21 heavy (non-hydrogen) atoms. The second kappa shape index (κ2) is 6.43. The van der Waals surface area contributed by atoms with E-state index in [0.29, 0.717) is 25.3 Å². The van der Waals surface area contributed by atoms with Crippen molar-refractivity contribution >= 4 is 17.3 Å². The molecule has 1 aliphatic rings. The van der Waals surface area contributed by atoms with E-state index in [2.05, 4.69) is 5.32 Å². The Hall–Kier alpha value is -2.31. The highest BCUT2D eigenvalue weighted by molar-refractivity contribution is 5.87. The molecule has 1 N–H and O–H groups in total. The summed E-state index contributed by atoms with van der Waals surface area (Å²) in [6.45, 7) is 2.99. The van der Waals surface area contributed by atoms with E-state index in [1.807, 2.05) is 6.92 Å². The van der Waals surface area contributed by atoms with Gasteiger partial charge in [0.2, 0.25) is 5.91 Å². The van der Waals surface area contributed by atoms with Gasteiger partial charge in [0, 0.05) is 13.6 Å². The van der Waals surface area contributed by atoms with Crippen molar-refractivity contribution in [1.29, 1.82) is 0 Å². The summed E-state index contributed by atoms with van der Waals surface area (Å²) in [5, 5.41) is 14.3. The van der Waals surface area contributed by atoms with Crippen LogP contribution in [0.5, 0.6) is 5.75 Å². The number of ether oxygens (including phenoxy) is 1. The number of hydrogen-bond acceptors (Lipinski definition) is 5. The monoisotopic (exact) mass is 293 g/mol. The zero-order valence-electron chi connectivity index (χ0n) is 12.2. The summed E-state index contributed by atoms with van der Waals surface area (Å²) >= 11 is 0. The fourth-order valence-electron chi connectivity index (χ4n) is 2.30. The van der Waals surface area contributed by atoms with Gasteiger partial charge >= 0.3 is 5.69 Å². The molecule has 1 saturated heterocycles. The van der Waals surface area contributed by atoms with E-state index in [4.69, 9.17) is 4.74 Å². The van der Waals surface area contributed by atoms with Gasteiger partial charge in [-0.2, -0.15) is 0 Å². The van der Waals surface area contributed by atoms with Crippen LogP contribution in [-0.2, 0) is 4.79 Å². The van der Waals surface area contributed by atoms with Crippen LogP contribution in [0.4, 0.5) is 11.4 Å². The summed E-state index contributed by atoms with van der Waals surface area (Å²) in [6.07, 6.45) is 1.40. The molecule has 0 radical (unpaired) electrons. The molecular weight excluding hydrogens is 274 g/mol. The van der Waals surface area contributed by atoms with Gasteiger partial charge < -0.3 is 15.0 Å². The van der Waals surface area contributed by atoms with Gasteiger partial charge in [-0.05, 0) is 25.0 Å². The van der Waals surface area contributed by atoms with Crippen LogP contribution in [0.3, 0.4) is 0 Å². The number of amides is 1. The van der Waals surface area contributed by atoms with Crippen LogP contribution in [0, 0.1) is 10.1 Å². The summed E-state index contributed by atoms with van der Waals surface area (Å²) < 4.78 is 5.42. The van der Waals surface area contributed by atoms with Crippen molar-refractivity contribution in [2.24, 2.45) is 0 Å². The summed E-state index contributed by atoms with van der Waals surface area (Å²) in [5.74, 6) is 0.176. The average Bonchev–Trinajstić information content (AvgIpc) is 2.77. The Labute approximate surface area is 123 Å². The van der Waals surface area contributed by atoms with Crippen molar-refractivity contribution in [3.8, 4) is 5.75 Å². The Bertz CT molecular complexity index is 547. The summed E-state index contributed by atoms with van der Waals surface area (Å²) in [7, 11) is 1.72. The topological polar surface area (TPSA) is 84.7 Å². The number of likely N-dealkylation sites (tertiary alicyclic amines) is 1. The van der Waals surface area contributed by atoms with E-state index in [0.717, 1.165) is 6.42 Å². The van der Waals surface area contributed by atoms with E-state index in [1.54, 1.807) is 30.1 Å². The number of anilines is 1. The molecule has 1 amide bonds. The third kappa shape index (κ3) is 3.24. The number of likely N-dealkylation sites (N-methyl/N-ethyl adjacent to an activating group) is 1. The second-order valence-corrected chi connectivity index (χ2v) is 5.00. The maximum Gasteiger partial charge on any atom is 0.333 e. The number of nitro groups is 1. The lowest BCUT2D eigenvalue weighted by Gasteiger charge is -2.15. The normalized spacial score (nSPS) is 17.9. The molecule has 2 rings (SSSR count). The summed E-state index contributed by atoms with van der Waals surface area (Å²) in [6, 6.07) is 4.43. The highest BCUT2D eigenvalue weighted by Crippen LogP contribution is 2.35. The number of nitro benzene ring substituents is 1. The lowest BCUT2D eigenvalue weighted by molar-refractivity contribution is -0.385. The molecule has 7 heteroatoms. The van der Waals surface area contributed by atoms with Crippen LogP contribution in [0.15, 0.2) is 18.2 Å². The van der Waals surface area contributed by atoms with E-state index < -0.39 is 11.0 Å². The van der Waals surface area contributed by atoms with Crippen molar-refractivity contribution in [2.45, 2.75) is 25.8 Å². The molecule has 1 heterocycles. The van der Waals surface area contributed by atoms with Crippen molar-refractivity contribution in [1.82, 2.24) is 4.90 Å². The Morgan fingerprint density at radius 3 is 2.86 bits per heavy atom. The van der Waals surface area contributed by atoms with E-state index in [9.17, 15) is 14.9 Å². The minimum absolute atomic E-state index is 0.0517. The molecule has 114 valence electrons. The molecule has 0 bridgehead atoms. The van der Waals surface area contributed by atoms with Crippen molar-refractivity contribution in [3.05, 3.63) is 28.3 Å². The quantitative estimate of drug-likeness (QED) is 0.640. The van der Waals surface area contributed by atoms with Crippen LogP contribution >= 0.6 is 0 Å². The number of nitrogens with zero attached hydrogens (tertiary/aromatic N) is 2. The summed E-state index contributed by atoms with van der Waals surface area (Å²) in [5.41, 5.74) is 0.204. The number of para-hydroxylation sites is 1. The van der Waals surface area contributed by atoms with Crippen molar-refractivity contribution in [3.63, 3.8) is 0 Å². The van der Waals surface area contributed by atoms with Crippen LogP contribution in [-0.4, -0.2) is 42.0 Å². The standard InChI is InChI=1S/C14H19N3O4/c1-3-9-21-12-6-4-5-10(13(12)17(19)20)15-11-7-8-16(2)14(11)18/h4-6,11,15H,3,7-9H2,1-2H3. The highest BCUT2D eigenvalue weighted by atomic mass is 16.6. The van der Waals surface area contributed by atoms with Crippen molar-refractivity contribution < 1.29 is 14.5 Å². The molecule has 1 aromatic rings. The van der Waals surface area contributed by atoms with Crippen molar-refractivity contribution in [2.75, 3.05) is 25.5 Å². The first-order valence-corrected chi connectivity index (χ1v) is 6.96. The Kier molecular flexibility index (Phi) is 4.62. The van der Waals surface area contributed by atoms with Gasteiger partial charge in [-0.15, -0.1) is 0 Å². The van der Waals surface area contributed by atoms with Crippen LogP contribution in [0.2, 0.25) is 0 Å². The molecule has 0 saturated carbocycles. The van der Waals surface area contributed by atoms with Crippen LogP contribution in [0.1, 0.15) is 19.8 Å². The van der Waals surface area contributed by atoms with E-state index in [-0.39, 0.29) is 17.3 Å². The Morgan fingerprint density at radius 1 is 1.52 bits per heavy atom. The molecule has 7 nitrogen and oxygen atoms in total. The van der Waals surface area contributed by atoms with Gasteiger partial charge in [0.25, 0.3) is 0 Å². The smallest absolute Gasteiger partial charge is 0.333 e. The Balaban J connectivity index is 2.26. The molecule has 1 fully saturated rings. The predicted octanol–water partition coefficient (Wildman–Crippen LogP) is 2.03. The maximum atomic E-state index is 11.9. The number of rotatable bonds is 6. The minimum atomic E-state index is -0.476. The highest BCUT2D eigenvalue weighted by Gasteiger charge is 2.31. The number of hydrogen-bond donors (Lipinski definition) is 1. The number of carbonyl (C=O) groups is 1. The van der Waals surface area contributed by atoms with Gasteiger partial charge in [0.1, 0.15) is 11.7 Å². The van der Waals surface area contributed by atoms with E-state index >= 15 is 0 Å². The molecule has 1 aromatic carbocycles. The first-order valence-electron chi connectivity index (χ1n) is 6.96. The molecule has 1 aliphatic heterocycles. The Morgan fingerprint density at radius 2 is 2.29 bits per heavy atom. The molecule has 1 atom stereocenters. The number of nitrogens with one attached hydrogen (secondary N) is 1. The number of carbonyl (C=O) groups excluding carboxylic acids is 1. The third-order valence-corrected chi connectivity index (χ3v) is 3.40. The molecule has 0 aromatic heterocycles. The maximum absolute atomic E-state index is 11.9. The lowest BCUT2D eigenvalue weighted by Crippen LogP contribution is -2.31. The van der Waals surface area contributed by atoms with Gasteiger partial charge in [0.05, 0.1) is 11.5 Å². The zero-order valence-corrected chi connectivity index (χ0v) is 12.2. The zero-order chi connectivity index (χ0) is 15.4. The lowest BCUT2D eigenvalue weighted by atomic mass is 10.2. The molecule has 0 spiro atoms. The van der Waals surface area contributed by atoms with Gasteiger partial charge in [-0.1, -0.05) is 13.0 Å². The average molecular weight is 293 g/mol. The molecule has 1 unspecified atom stereocenters. The van der Waals surface area contributed by atoms with Crippen LogP contribution in [0.25, 0.3) is 0 Å². The minimum Gasteiger partial charge on any atom is -0.487 e. The fourth-order valence-corrected chi connectivity index (χ4v) is 2.30. The SMILES string of the molecule is CCCOc1cccc(NC2CCN(C)C2=O)c1[N+](=O)[O-]. The van der Waals surface area contributed by atoms with Crippen LogP contribution < -0.4 is 10.1 Å². The largest absolute Gasteiger partial charge is 0.487 e. The van der Waals surface area contributed by atoms with Gasteiger partial charge in [-0.25, -0.2) is 0 Å². The third-order valence-electron chi connectivity index (χ3n) is 3.40. The first-order chi connectivity index (χ1) is 10.0. The molecular formula is C14H19N3O4. The van der Waals surface area contributed by atoms with E-state index in [1.165, 1.54) is 0 Å². The predicted molar refractivity (Wildman–Crippen MR) is 78.5 cm³/mol. The molecule has 0 aliphatic carbocycles. The first kappa shape index (κ1) is 15.1.